The van der Waals surface area contributed by atoms with Crippen LogP contribution < -0.4 is 4.72 Å². The van der Waals surface area contributed by atoms with Crippen molar-refractivity contribution >= 4 is 16.7 Å². The molecular formula is C13H16N4O2S. The van der Waals surface area contributed by atoms with E-state index in [-0.39, 0.29) is 5.48 Å². The highest BCUT2D eigenvalue weighted by Gasteiger charge is 2.17. The lowest BCUT2D eigenvalue weighted by molar-refractivity contribution is 0.598. The Bertz CT molecular complexity index is 688. The number of hydrogen-bond acceptors (Lipinski definition) is 4. The van der Waals surface area contributed by atoms with Crippen LogP contribution in [0.3, 0.4) is 0 Å². The molecule has 1 aromatic heterocycles. The molecule has 2 N–H and O–H groups in total. The van der Waals surface area contributed by atoms with Gasteiger partial charge in [0.2, 0.25) is 0 Å². The molecule has 0 fully saturated rings. The first-order chi connectivity index (χ1) is 9.02. The standard InChI is InChI=1S/C13H14N4OS.H2O/c1-9-13(10(2)17(3)15-9)16-19(18)12-6-4-5-11(7-12)8-14;/h4-7H,1-3H3,(H,16,18);1H2. The second-order valence-corrected chi connectivity index (χ2v) is 5.57. The molecule has 0 saturated carbocycles. The van der Waals surface area contributed by atoms with Crippen LogP contribution in [0.5, 0.6) is 0 Å². The number of aryl methyl sites for hydroxylation is 2. The van der Waals surface area contributed by atoms with Crippen LogP contribution in [0, 0.1) is 25.2 Å². The van der Waals surface area contributed by atoms with Crippen LogP contribution in [0.4, 0.5) is 5.69 Å². The molecule has 0 aliphatic rings. The van der Waals surface area contributed by atoms with Crippen molar-refractivity contribution in [2.45, 2.75) is 18.7 Å². The normalized spacial score (nSPS) is 11.3. The maximum atomic E-state index is 12.3. The fourth-order valence-corrected chi connectivity index (χ4v) is 2.94. The summed E-state index contributed by atoms with van der Waals surface area (Å²) >= 11 is 0. The molecule has 0 radical (unpaired) electrons. The van der Waals surface area contributed by atoms with Crippen molar-refractivity contribution in [3.63, 3.8) is 0 Å². The van der Waals surface area contributed by atoms with Gasteiger partial charge in [-0.25, -0.2) is 0 Å². The number of nitrogens with zero attached hydrogens (tertiary/aromatic N) is 3. The Morgan fingerprint density at radius 3 is 2.65 bits per heavy atom. The third-order valence-corrected chi connectivity index (χ3v) is 4.11. The third-order valence-electron chi connectivity index (χ3n) is 2.93. The first kappa shape index (κ1) is 15.9. The zero-order valence-corrected chi connectivity index (χ0v) is 12.3. The molecule has 1 aromatic carbocycles. The highest BCUT2D eigenvalue weighted by atomic mass is 32.2. The van der Waals surface area contributed by atoms with Crippen molar-refractivity contribution in [3.05, 3.63) is 41.2 Å². The van der Waals surface area contributed by atoms with Gasteiger partial charge in [0.1, 0.15) is 5.69 Å². The fraction of sp³-hybridized carbons (Fsp3) is 0.231. The molecule has 1 heterocycles. The van der Waals surface area contributed by atoms with Gasteiger partial charge in [0.05, 0.1) is 23.0 Å². The minimum absolute atomic E-state index is 0. The molecule has 0 bridgehead atoms. The summed E-state index contributed by atoms with van der Waals surface area (Å²) in [6.07, 6.45) is 0. The van der Waals surface area contributed by atoms with Gasteiger partial charge in [-0.05, 0) is 26.0 Å². The molecule has 2 rings (SSSR count). The fourth-order valence-electron chi connectivity index (χ4n) is 1.80. The predicted molar refractivity (Wildman–Crippen MR) is 77.1 cm³/mol. The Morgan fingerprint density at radius 1 is 1.40 bits per heavy atom. The summed E-state index contributed by atoms with van der Waals surface area (Å²) in [5, 5.41) is 13.1. The number of hydrogen-bond donors (Lipinski definition) is 1. The van der Waals surface area contributed by atoms with Crippen molar-refractivity contribution in [2.75, 3.05) is 4.72 Å². The second-order valence-electron chi connectivity index (χ2n) is 4.24. The molecular weight excluding hydrogens is 276 g/mol. The number of thiol groups is 1. The largest absolute Gasteiger partial charge is 0.870 e. The van der Waals surface area contributed by atoms with E-state index >= 15 is 0 Å². The molecule has 0 amide bonds. The van der Waals surface area contributed by atoms with Gasteiger partial charge >= 0.3 is 0 Å². The third kappa shape index (κ3) is 3.04. The summed E-state index contributed by atoms with van der Waals surface area (Å²) in [4.78, 5) is 0.608. The number of anilines is 1. The molecule has 106 valence electrons. The van der Waals surface area contributed by atoms with Gasteiger partial charge in [0, 0.05) is 13.1 Å². The quantitative estimate of drug-likeness (QED) is 0.688. The van der Waals surface area contributed by atoms with Crippen molar-refractivity contribution in [1.29, 1.82) is 5.26 Å². The van der Waals surface area contributed by atoms with Crippen molar-refractivity contribution < 1.29 is 9.69 Å². The van der Waals surface area contributed by atoms with E-state index in [0.717, 1.165) is 17.1 Å². The minimum atomic E-state index is -1.80. The number of aromatic nitrogens is 2. The van der Waals surface area contributed by atoms with Crippen LogP contribution in [0.25, 0.3) is 0 Å². The van der Waals surface area contributed by atoms with Crippen LogP contribution >= 0.6 is 0 Å². The predicted octanol–water partition coefficient (Wildman–Crippen LogP) is 1.81. The van der Waals surface area contributed by atoms with Gasteiger partial charge in [-0.15, -0.1) is 0 Å². The number of nitriles is 1. The van der Waals surface area contributed by atoms with Crippen molar-refractivity contribution in [1.82, 2.24) is 9.78 Å². The highest BCUT2D eigenvalue weighted by molar-refractivity contribution is 7.86. The Kier molecular flexibility index (Phi) is 5.02. The topological polar surface area (TPSA) is 101 Å². The number of rotatable bonds is 3. The molecule has 0 spiro atoms. The molecule has 1 atom stereocenters. The Labute approximate surface area is 119 Å². The summed E-state index contributed by atoms with van der Waals surface area (Å²) in [5.41, 5.74) is 3.02. The summed E-state index contributed by atoms with van der Waals surface area (Å²) in [6.45, 7) is 3.78. The van der Waals surface area contributed by atoms with Gasteiger partial charge in [0.15, 0.2) is 15.9 Å². The van der Waals surface area contributed by atoms with E-state index in [1.54, 1.807) is 28.9 Å². The summed E-state index contributed by atoms with van der Waals surface area (Å²) < 4.78 is 17.0. The van der Waals surface area contributed by atoms with Gasteiger partial charge < -0.3 is 5.48 Å². The lowest BCUT2D eigenvalue weighted by atomic mass is 10.2. The van der Waals surface area contributed by atoms with Gasteiger partial charge in [-0.1, -0.05) is 10.3 Å². The van der Waals surface area contributed by atoms with Crippen LogP contribution in [0.1, 0.15) is 17.0 Å². The first-order valence-corrected chi connectivity index (χ1v) is 7.03. The zero-order chi connectivity index (χ0) is 14.0. The van der Waals surface area contributed by atoms with E-state index in [4.69, 9.17) is 5.26 Å². The lowest BCUT2D eigenvalue weighted by Crippen LogP contribution is -2.06. The van der Waals surface area contributed by atoms with Crippen LogP contribution in [0.2, 0.25) is 0 Å². The van der Waals surface area contributed by atoms with E-state index in [2.05, 4.69) is 9.82 Å². The number of nitrogens with one attached hydrogen (secondary N) is 1. The molecule has 20 heavy (non-hydrogen) atoms. The molecule has 0 aliphatic heterocycles. The van der Waals surface area contributed by atoms with E-state index in [0.29, 0.717) is 10.5 Å². The monoisotopic (exact) mass is 292 g/mol. The zero-order valence-electron chi connectivity index (χ0n) is 11.5. The molecule has 0 saturated heterocycles. The average molecular weight is 292 g/mol. The first-order valence-electron chi connectivity index (χ1n) is 5.77. The minimum Gasteiger partial charge on any atom is -0.870 e. The van der Waals surface area contributed by atoms with E-state index in [1.807, 2.05) is 27.0 Å². The molecule has 6 nitrogen and oxygen atoms in total. The smallest absolute Gasteiger partial charge is 0.197 e. The van der Waals surface area contributed by atoms with E-state index < -0.39 is 11.0 Å². The lowest BCUT2D eigenvalue weighted by Gasteiger charge is -2.01. The van der Waals surface area contributed by atoms with Crippen molar-refractivity contribution in [3.8, 4) is 6.07 Å². The van der Waals surface area contributed by atoms with Gasteiger partial charge in [-0.3, -0.25) is 4.68 Å². The highest BCUT2D eigenvalue weighted by Crippen LogP contribution is 2.21. The van der Waals surface area contributed by atoms with Crippen LogP contribution in [-0.2, 0) is 22.2 Å². The Balaban J connectivity index is 0.00000200. The maximum absolute atomic E-state index is 12.3. The summed E-state index contributed by atoms with van der Waals surface area (Å²) in [5.74, 6) is 0. The molecule has 1 unspecified atom stereocenters. The van der Waals surface area contributed by atoms with Crippen LogP contribution in [0.15, 0.2) is 29.2 Å². The van der Waals surface area contributed by atoms with E-state index in [9.17, 15) is 4.21 Å². The van der Waals surface area contributed by atoms with E-state index in [1.165, 1.54) is 0 Å². The maximum Gasteiger partial charge on any atom is 0.197 e. The Hall–Kier alpha value is -2.17. The molecule has 7 heteroatoms. The molecule has 0 aliphatic carbocycles. The van der Waals surface area contributed by atoms with Crippen molar-refractivity contribution in [2.24, 2.45) is 7.05 Å². The SMILES string of the molecule is Cc1nn(C)c(C)c1N[SH+](=O)c1cccc(C#N)c1.[OH-]. The number of benzene rings is 1. The molecule has 2 aromatic rings. The van der Waals surface area contributed by atoms with Crippen LogP contribution in [-0.4, -0.2) is 15.3 Å². The van der Waals surface area contributed by atoms with Gasteiger partial charge in [0.25, 0.3) is 0 Å². The summed E-state index contributed by atoms with van der Waals surface area (Å²) in [7, 11) is 0.0467. The summed E-state index contributed by atoms with van der Waals surface area (Å²) in [6, 6.07) is 8.83. The average Bonchev–Trinajstić information content (AvgIpc) is 2.65. The van der Waals surface area contributed by atoms with Gasteiger partial charge in [-0.2, -0.15) is 15.1 Å². The Morgan fingerprint density at radius 2 is 2.10 bits per heavy atom. The second kappa shape index (κ2) is 6.32.